The van der Waals surface area contributed by atoms with E-state index in [0.717, 1.165) is 12.0 Å². The van der Waals surface area contributed by atoms with Gasteiger partial charge < -0.3 is 0 Å². The van der Waals surface area contributed by atoms with Crippen LogP contribution in [0.25, 0.3) is 0 Å². The molecule has 0 amide bonds. The Morgan fingerprint density at radius 1 is 1.33 bits per heavy atom. The minimum atomic E-state index is -2.74. The van der Waals surface area contributed by atoms with Gasteiger partial charge in [0.25, 0.3) is 5.92 Å². The lowest BCUT2D eigenvalue weighted by Crippen LogP contribution is -2.21. The Kier molecular flexibility index (Phi) is 4.14. The molecule has 0 bridgehead atoms. The predicted molar refractivity (Wildman–Crippen MR) is 62.7 cm³/mol. The molecule has 0 aliphatic heterocycles. The third kappa shape index (κ3) is 2.94. The Hall–Kier alpha value is -0.570. The van der Waals surface area contributed by atoms with Gasteiger partial charge in [0.1, 0.15) is 0 Å². The summed E-state index contributed by atoms with van der Waals surface area (Å²) in [6, 6.07) is 6.61. The van der Waals surface area contributed by atoms with E-state index in [0.29, 0.717) is 5.75 Å². The lowest BCUT2D eigenvalue weighted by molar-refractivity contribution is -0.0514. The number of hydrogen-bond acceptors (Lipinski definition) is 1. The zero-order valence-corrected chi connectivity index (χ0v) is 9.90. The van der Waals surface area contributed by atoms with Crippen molar-refractivity contribution >= 4 is 12.6 Å². The first-order valence-electron chi connectivity index (χ1n) is 5.06. The lowest BCUT2D eigenvalue weighted by Gasteiger charge is -2.21. The van der Waals surface area contributed by atoms with Gasteiger partial charge in [0.2, 0.25) is 0 Å². The Bertz CT molecular complexity index is 321. The Balaban J connectivity index is 2.99. The average Bonchev–Trinajstić information content (AvgIpc) is 2.18. The largest absolute Gasteiger partial charge is 0.275 e. The number of thiol groups is 1. The monoisotopic (exact) mass is 230 g/mol. The lowest BCUT2D eigenvalue weighted by atomic mass is 9.96. The molecular formula is C12H16F2S. The molecular weight excluding hydrogens is 214 g/mol. The molecule has 0 heterocycles. The van der Waals surface area contributed by atoms with Gasteiger partial charge in [-0.2, -0.15) is 12.6 Å². The Morgan fingerprint density at radius 3 is 2.53 bits per heavy atom. The second-order valence-corrected chi connectivity index (χ2v) is 4.40. The van der Waals surface area contributed by atoms with Gasteiger partial charge in [-0.15, -0.1) is 0 Å². The highest BCUT2D eigenvalue weighted by atomic mass is 32.1. The van der Waals surface area contributed by atoms with Crippen LogP contribution in [0, 0.1) is 5.92 Å². The normalized spacial score (nSPS) is 12.1. The van der Waals surface area contributed by atoms with E-state index in [1.807, 2.05) is 6.07 Å². The third-order valence-electron chi connectivity index (χ3n) is 2.44. The minimum absolute atomic E-state index is 0.108. The van der Waals surface area contributed by atoms with Crippen molar-refractivity contribution in [2.75, 3.05) is 5.75 Å². The maximum Gasteiger partial charge on any atom is 0.275 e. The Labute approximate surface area is 95.1 Å². The van der Waals surface area contributed by atoms with E-state index < -0.39 is 11.8 Å². The number of rotatable bonds is 4. The number of hydrogen-bond donors (Lipinski definition) is 1. The van der Waals surface area contributed by atoms with Gasteiger partial charge in [-0.05, 0) is 23.8 Å². The van der Waals surface area contributed by atoms with Crippen molar-refractivity contribution in [3.63, 3.8) is 0 Å². The van der Waals surface area contributed by atoms with Crippen LogP contribution in [0.1, 0.15) is 25.0 Å². The molecule has 0 saturated carbocycles. The summed E-state index contributed by atoms with van der Waals surface area (Å²) in [5, 5.41) is 0. The van der Waals surface area contributed by atoms with Crippen LogP contribution >= 0.6 is 12.6 Å². The summed E-state index contributed by atoms with van der Waals surface area (Å²) in [5.41, 5.74) is 1.03. The third-order valence-corrected chi connectivity index (χ3v) is 2.66. The molecule has 1 rings (SSSR count). The van der Waals surface area contributed by atoms with Gasteiger partial charge in [0.15, 0.2) is 0 Å². The quantitative estimate of drug-likeness (QED) is 0.745. The molecule has 0 aromatic heterocycles. The van der Waals surface area contributed by atoms with Crippen molar-refractivity contribution in [1.82, 2.24) is 0 Å². The molecule has 15 heavy (non-hydrogen) atoms. The van der Waals surface area contributed by atoms with Crippen molar-refractivity contribution < 1.29 is 8.78 Å². The number of benzene rings is 1. The highest BCUT2D eigenvalue weighted by molar-refractivity contribution is 7.80. The first-order valence-corrected chi connectivity index (χ1v) is 5.69. The molecule has 1 aromatic rings. The maximum absolute atomic E-state index is 13.7. The smallest absolute Gasteiger partial charge is 0.201 e. The molecule has 1 aromatic carbocycles. The number of halogens is 2. The standard InChI is InChI=1S/C12H16F2S/c1-9(2)12(13,14)11-5-3-4-10(8-11)6-7-15/h3-5,8-9,15H,6-7H2,1-2H3. The molecule has 0 aliphatic rings. The van der Waals surface area contributed by atoms with Crippen molar-refractivity contribution in [1.29, 1.82) is 0 Å². The zero-order valence-electron chi connectivity index (χ0n) is 9.00. The summed E-state index contributed by atoms with van der Waals surface area (Å²) in [5.74, 6) is -2.74. The van der Waals surface area contributed by atoms with Crippen LogP contribution in [0.4, 0.5) is 8.78 Å². The fraction of sp³-hybridized carbons (Fsp3) is 0.500. The minimum Gasteiger partial charge on any atom is -0.201 e. The molecule has 84 valence electrons. The topological polar surface area (TPSA) is 0 Å². The average molecular weight is 230 g/mol. The van der Waals surface area contributed by atoms with Crippen LogP contribution in [0.5, 0.6) is 0 Å². The van der Waals surface area contributed by atoms with E-state index in [-0.39, 0.29) is 5.56 Å². The van der Waals surface area contributed by atoms with E-state index in [1.165, 1.54) is 19.9 Å². The molecule has 0 unspecified atom stereocenters. The van der Waals surface area contributed by atoms with Crippen molar-refractivity contribution in [3.8, 4) is 0 Å². The zero-order chi connectivity index (χ0) is 11.5. The van der Waals surface area contributed by atoms with Gasteiger partial charge in [-0.1, -0.05) is 32.0 Å². The van der Waals surface area contributed by atoms with Crippen LogP contribution in [0.2, 0.25) is 0 Å². The molecule has 3 heteroatoms. The summed E-state index contributed by atoms with van der Waals surface area (Å²) in [4.78, 5) is 0. The van der Waals surface area contributed by atoms with Gasteiger partial charge in [-0.3, -0.25) is 0 Å². The molecule has 0 N–H and O–H groups in total. The maximum atomic E-state index is 13.7. The SMILES string of the molecule is CC(C)C(F)(F)c1cccc(CCS)c1. The summed E-state index contributed by atoms with van der Waals surface area (Å²) >= 11 is 4.09. The van der Waals surface area contributed by atoms with Crippen LogP contribution in [0.15, 0.2) is 24.3 Å². The summed E-state index contributed by atoms with van der Waals surface area (Å²) in [7, 11) is 0. The predicted octanol–water partition coefficient (Wildman–Crippen LogP) is 3.91. The highest BCUT2D eigenvalue weighted by Crippen LogP contribution is 2.35. The second kappa shape index (κ2) is 4.97. The first kappa shape index (κ1) is 12.5. The Morgan fingerprint density at radius 2 is 2.00 bits per heavy atom. The number of alkyl halides is 2. The van der Waals surface area contributed by atoms with Crippen LogP contribution in [-0.4, -0.2) is 5.75 Å². The molecule has 0 spiro atoms. The fourth-order valence-corrected chi connectivity index (χ4v) is 1.65. The highest BCUT2D eigenvalue weighted by Gasteiger charge is 2.35. The molecule has 0 atom stereocenters. The summed E-state index contributed by atoms with van der Waals surface area (Å²) in [6.07, 6.45) is 0.727. The van der Waals surface area contributed by atoms with Crippen molar-refractivity contribution in [2.24, 2.45) is 5.92 Å². The van der Waals surface area contributed by atoms with E-state index >= 15 is 0 Å². The second-order valence-electron chi connectivity index (χ2n) is 3.95. The molecule has 0 fully saturated rings. The molecule has 0 nitrogen and oxygen atoms in total. The van der Waals surface area contributed by atoms with Gasteiger partial charge in [0.05, 0.1) is 0 Å². The van der Waals surface area contributed by atoms with Crippen molar-refractivity contribution in [2.45, 2.75) is 26.2 Å². The number of aryl methyl sites for hydroxylation is 1. The molecule has 0 saturated heterocycles. The van der Waals surface area contributed by atoms with Crippen LogP contribution in [-0.2, 0) is 12.3 Å². The molecule has 0 aliphatic carbocycles. The van der Waals surface area contributed by atoms with Crippen molar-refractivity contribution in [3.05, 3.63) is 35.4 Å². The van der Waals surface area contributed by atoms with Gasteiger partial charge >= 0.3 is 0 Å². The van der Waals surface area contributed by atoms with E-state index in [1.54, 1.807) is 12.1 Å². The molecule has 0 radical (unpaired) electrons. The fourth-order valence-electron chi connectivity index (χ4n) is 1.40. The van der Waals surface area contributed by atoms with E-state index in [2.05, 4.69) is 12.6 Å². The van der Waals surface area contributed by atoms with Crippen LogP contribution in [0.3, 0.4) is 0 Å². The van der Waals surface area contributed by atoms with Gasteiger partial charge in [-0.25, -0.2) is 8.78 Å². The van der Waals surface area contributed by atoms with E-state index in [4.69, 9.17) is 0 Å². The van der Waals surface area contributed by atoms with Crippen LogP contribution < -0.4 is 0 Å². The van der Waals surface area contributed by atoms with Gasteiger partial charge in [0, 0.05) is 11.5 Å². The summed E-state index contributed by atoms with van der Waals surface area (Å²) < 4.78 is 27.4. The summed E-state index contributed by atoms with van der Waals surface area (Å²) in [6.45, 7) is 3.07. The first-order chi connectivity index (χ1) is 6.98. The van der Waals surface area contributed by atoms with E-state index in [9.17, 15) is 8.78 Å².